The minimum atomic E-state index is -0.500. The highest BCUT2D eigenvalue weighted by molar-refractivity contribution is 7.98. The second-order valence-corrected chi connectivity index (χ2v) is 7.03. The minimum absolute atomic E-state index is 0.178. The van der Waals surface area contributed by atoms with Gasteiger partial charge < -0.3 is 10.2 Å². The van der Waals surface area contributed by atoms with E-state index in [1.54, 1.807) is 16.7 Å². The summed E-state index contributed by atoms with van der Waals surface area (Å²) in [4.78, 5) is 39.6. The molecule has 0 aromatic heterocycles. The van der Waals surface area contributed by atoms with Crippen molar-refractivity contribution in [1.29, 1.82) is 0 Å². The van der Waals surface area contributed by atoms with E-state index in [1.807, 2.05) is 24.5 Å². The van der Waals surface area contributed by atoms with Crippen molar-refractivity contribution in [3.63, 3.8) is 0 Å². The number of benzene rings is 1. The Morgan fingerprint density at radius 2 is 2.04 bits per heavy atom. The Balaban J connectivity index is 1.61. The fourth-order valence-corrected chi connectivity index (χ4v) is 3.57. The van der Waals surface area contributed by atoms with Gasteiger partial charge in [0.25, 0.3) is 5.91 Å². The van der Waals surface area contributed by atoms with Crippen LogP contribution in [-0.4, -0.2) is 58.8 Å². The third-order valence-electron chi connectivity index (χ3n) is 4.49. The number of hydrogen-bond acceptors (Lipinski definition) is 4. The average Bonchev–Trinajstić information content (AvgIpc) is 2.87. The molecule has 2 aliphatic heterocycles. The van der Waals surface area contributed by atoms with Crippen molar-refractivity contribution in [2.45, 2.75) is 25.4 Å². The van der Waals surface area contributed by atoms with Gasteiger partial charge in [0.05, 0.1) is 0 Å². The predicted octanol–water partition coefficient (Wildman–Crippen LogP) is 1.24. The molecule has 1 fully saturated rings. The number of hydrogen-bond donors (Lipinski definition) is 1. The van der Waals surface area contributed by atoms with E-state index in [9.17, 15) is 14.4 Å². The lowest BCUT2D eigenvalue weighted by atomic mass is 10.00. The van der Waals surface area contributed by atoms with E-state index in [4.69, 9.17) is 0 Å². The minimum Gasteiger partial charge on any atom is -0.336 e. The van der Waals surface area contributed by atoms with Gasteiger partial charge in [-0.1, -0.05) is 24.3 Å². The number of urea groups is 1. The van der Waals surface area contributed by atoms with E-state index in [-0.39, 0.29) is 18.4 Å². The average molecular weight is 347 g/mol. The predicted molar refractivity (Wildman–Crippen MR) is 92.6 cm³/mol. The Hall–Kier alpha value is -2.02. The van der Waals surface area contributed by atoms with Crippen LogP contribution in [0.15, 0.2) is 24.3 Å². The molecule has 0 aliphatic carbocycles. The molecule has 1 atom stereocenters. The molecular formula is C17H21N3O3S. The smallest absolute Gasteiger partial charge is 0.325 e. The lowest BCUT2D eigenvalue weighted by molar-refractivity contribution is -0.138. The number of nitrogens with zero attached hydrogens (tertiary/aromatic N) is 2. The third kappa shape index (κ3) is 3.40. The van der Waals surface area contributed by atoms with E-state index in [0.717, 1.165) is 22.6 Å². The maximum Gasteiger partial charge on any atom is 0.325 e. The molecule has 2 heterocycles. The van der Waals surface area contributed by atoms with E-state index in [1.165, 1.54) is 5.56 Å². The number of fused-ring (bicyclic) bond motifs is 1. The summed E-state index contributed by atoms with van der Waals surface area (Å²) >= 11 is 1.63. The maximum absolute atomic E-state index is 12.5. The number of carbonyl (C=O) groups excluding carboxylic acids is 3. The van der Waals surface area contributed by atoms with Gasteiger partial charge in [-0.05, 0) is 36.0 Å². The summed E-state index contributed by atoms with van der Waals surface area (Å²) in [6, 6.07) is 7.08. The molecule has 0 unspecified atom stereocenters. The fourth-order valence-electron chi connectivity index (χ4n) is 3.10. The third-order valence-corrected chi connectivity index (χ3v) is 5.14. The van der Waals surface area contributed by atoms with Crippen LogP contribution in [0.2, 0.25) is 0 Å². The molecule has 7 heteroatoms. The first kappa shape index (κ1) is 16.8. The van der Waals surface area contributed by atoms with Crippen molar-refractivity contribution in [3.8, 4) is 0 Å². The highest BCUT2D eigenvalue weighted by atomic mass is 32.2. The summed E-state index contributed by atoms with van der Waals surface area (Å²) in [6.45, 7) is 0.979. The highest BCUT2D eigenvalue weighted by Gasteiger charge is 2.39. The van der Waals surface area contributed by atoms with Crippen LogP contribution >= 0.6 is 11.8 Å². The van der Waals surface area contributed by atoms with Gasteiger partial charge in [-0.2, -0.15) is 11.8 Å². The van der Waals surface area contributed by atoms with E-state index in [0.29, 0.717) is 19.5 Å². The summed E-state index contributed by atoms with van der Waals surface area (Å²) in [5, 5.41) is 2.67. The number of thioether (sulfide) groups is 1. The summed E-state index contributed by atoms with van der Waals surface area (Å²) in [5.74, 6) is 0.319. The normalized spacial score (nSPS) is 20.1. The van der Waals surface area contributed by atoms with Crippen molar-refractivity contribution in [1.82, 2.24) is 15.1 Å². The Labute approximate surface area is 145 Å². The van der Waals surface area contributed by atoms with Crippen LogP contribution in [0, 0.1) is 0 Å². The fraction of sp³-hybridized carbons (Fsp3) is 0.471. The largest absolute Gasteiger partial charge is 0.336 e. The molecule has 128 valence electrons. The molecule has 24 heavy (non-hydrogen) atoms. The lowest BCUT2D eigenvalue weighted by Crippen LogP contribution is -2.45. The van der Waals surface area contributed by atoms with E-state index in [2.05, 4.69) is 11.4 Å². The van der Waals surface area contributed by atoms with Crippen LogP contribution in [0.5, 0.6) is 0 Å². The topological polar surface area (TPSA) is 69.7 Å². The van der Waals surface area contributed by atoms with Gasteiger partial charge in [-0.15, -0.1) is 0 Å². The van der Waals surface area contributed by atoms with Gasteiger partial charge >= 0.3 is 6.03 Å². The first-order valence-electron chi connectivity index (χ1n) is 8.05. The van der Waals surface area contributed by atoms with Crippen LogP contribution in [0.1, 0.15) is 17.5 Å². The second-order valence-electron chi connectivity index (χ2n) is 6.04. The standard InChI is InChI=1S/C17H21N3O3S/c1-24-9-7-14-16(22)20(17(23)18-14)11-15(21)19-8-6-12-4-2-3-5-13(12)10-19/h2-5,14H,6-11H2,1H3,(H,18,23)/t14-/m1/s1. The highest BCUT2D eigenvalue weighted by Crippen LogP contribution is 2.19. The Kier molecular flexibility index (Phi) is 5.08. The van der Waals surface area contributed by atoms with Crippen LogP contribution < -0.4 is 5.32 Å². The monoisotopic (exact) mass is 347 g/mol. The van der Waals surface area contributed by atoms with Gasteiger partial charge in [-0.3, -0.25) is 14.5 Å². The van der Waals surface area contributed by atoms with Gasteiger partial charge in [-0.25, -0.2) is 4.79 Å². The number of imide groups is 1. The molecular weight excluding hydrogens is 326 g/mol. The zero-order valence-corrected chi connectivity index (χ0v) is 14.5. The zero-order chi connectivity index (χ0) is 17.1. The number of amides is 4. The Morgan fingerprint density at radius 3 is 2.79 bits per heavy atom. The molecule has 1 aromatic carbocycles. The van der Waals surface area contributed by atoms with Crippen molar-refractivity contribution in [2.24, 2.45) is 0 Å². The van der Waals surface area contributed by atoms with E-state index >= 15 is 0 Å². The summed E-state index contributed by atoms with van der Waals surface area (Å²) in [5.41, 5.74) is 2.39. The number of rotatable bonds is 5. The molecule has 0 radical (unpaired) electrons. The van der Waals surface area contributed by atoms with E-state index < -0.39 is 12.1 Å². The molecule has 3 rings (SSSR count). The van der Waals surface area contributed by atoms with Crippen molar-refractivity contribution >= 4 is 29.6 Å². The quantitative estimate of drug-likeness (QED) is 0.814. The Bertz CT molecular complexity index is 664. The zero-order valence-electron chi connectivity index (χ0n) is 13.7. The number of carbonyl (C=O) groups is 3. The van der Waals surface area contributed by atoms with Crippen LogP contribution in [-0.2, 0) is 22.6 Å². The summed E-state index contributed by atoms with van der Waals surface area (Å²) in [7, 11) is 0. The molecule has 6 nitrogen and oxygen atoms in total. The van der Waals surface area contributed by atoms with Crippen LogP contribution in [0.25, 0.3) is 0 Å². The Morgan fingerprint density at radius 1 is 1.29 bits per heavy atom. The SMILES string of the molecule is CSCC[C@H]1NC(=O)N(CC(=O)N2CCc3ccccc3C2)C1=O. The molecule has 1 N–H and O–H groups in total. The second kappa shape index (κ2) is 7.25. The van der Waals surface area contributed by atoms with Gasteiger partial charge in [0.1, 0.15) is 12.6 Å². The first-order valence-corrected chi connectivity index (χ1v) is 9.45. The first-order chi connectivity index (χ1) is 11.6. The van der Waals surface area contributed by atoms with Crippen molar-refractivity contribution in [3.05, 3.63) is 35.4 Å². The van der Waals surface area contributed by atoms with Crippen molar-refractivity contribution < 1.29 is 14.4 Å². The molecule has 1 saturated heterocycles. The summed E-state index contributed by atoms with van der Waals surface area (Å²) < 4.78 is 0. The molecule has 4 amide bonds. The van der Waals surface area contributed by atoms with Crippen molar-refractivity contribution in [2.75, 3.05) is 25.1 Å². The molecule has 0 saturated carbocycles. The maximum atomic E-state index is 12.5. The van der Waals surface area contributed by atoms with Crippen LogP contribution in [0.3, 0.4) is 0 Å². The lowest BCUT2D eigenvalue weighted by Gasteiger charge is -2.29. The molecule has 0 spiro atoms. The molecule has 0 bridgehead atoms. The number of nitrogens with one attached hydrogen (secondary N) is 1. The molecule has 2 aliphatic rings. The summed E-state index contributed by atoms with van der Waals surface area (Å²) in [6.07, 6.45) is 3.35. The molecule has 1 aromatic rings. The van der Waals surface area contributed by atoms with Gasteiger partial charge in [0, 0.05) is 13.1 Å². The van der Waals surface area contributed by atoms with Gasteiger partial charge in [0.15, 0.2) is 0 Å². The van der Waals surface area contributed by atoms with Gasteiger partial charge in [0.2, 0.25) is 5.91 Å². The van der Waals surface area contributed by atoms with Crippen LogP contribution in [0.4, 0.5) is 4.79 Å².